The highest BCUT2D eigenvalue weighted by Gasteiger charge is 2.12. The number of carbonyl (C=O) groups excluding carboxylic acids is 1. The third kappa shape index (κ3) is 2.73. The van der Waals surface area contributed by atoms with E-state index in [1.165, 1.54) is 24.3 Å². The molecule has 0 unspecified atom stereocenters. The summed E-state index contributed by atoms with van der Waals surface area (Å²) in [5, 5.41) is 17.5. The second kappa shape index (κ2) is 5.00. The number of carbonyl (C=O) groups is 1. The average molecular weight is 214 g/mol. The summed E-state index contributed by atoms with van der Waals surface area (Å²) in [6.07, 6.45) is 0. The number of esters is 1. The Bertz CT molecular complexity index is 312. The molecule has 1 aromatic rings. The molecule has 0 saturated carbocycles. The van der Waals surface area contributed by atoms with Crippen LogP contribution in [0.5, 0.6) is 0 Å². The lowest BCUT2D eigenvalue weighted by atomic mass is 9.80. The Labute approximate surface area is 86.2 Å². The molecule has 0 spiro atoms. The van der Waals surface area contributed by atoms with Gasteiger partial charge in [0.2, 0.25) is 0 Å². The first-order valence-corrected chi connectivity index (χ1v) is 4.38. The molecule has 0 fully saturated rings. The van der Waals surface area contributed by atoms with Gasteiger partial charge in [0.15, 0.2) is 6.07 Å². The van der Waals surface area contributed by atoms with Gasteiger partial charge in [-0.25, -0.2) is 4.79 Å². The molecular weight excluding hydrogens is 206 g/mol. The summed E-state index contributed by atoms with van der Waals surface area (Å²) in [5.41, 5.74) is 0.627. The number of hydrogen-bond donors (Lipinski definition) is 2. The maximum Gasteiger partial charge on any atom is 0.488 e. The van der Waals surface area contributed by atoms with Gasteiger partial charge in [0.1, 0.15) is 0 Å². The summed E-state index contributed by atoms with van der Waals surface area (Å²) in [7, 11) is -1.53. The van der Waals surface area contributed by atoms with Gasteiger partial charge in [0.25, 0.3) is 0 Å². The van der Waals surface area contributed by atoms with Gasteiger partial charge in [-0.05, 0) is 17.6 Å². The average Bonchev–Trinajstić information content (AvgIpc) is 2.18. The highest BCUT2D eigenvalue weighted by atomic mass is 35.5. The number of ether oxygens (including phenoxy) is 1. The number of alkyl halides is 1. The molecule has 2 N–H and O–H groups in total. The second-order valence-electron chi connectivity index (χ2n) is 2.54. The molecule has 0 bridgehead atoms. The Morgan fingerprint density at radius 3 is 2.36 bits per heavy atom. The molecule has 0 radical (unpaired) electrons. The van der Waals surface area contributed by atoms with Crippen LogP contribution in [0.1, 0.15) is 10.4 Å². The molecular formula is C8H8BClO4. The molecule has 4 nitrogen and oxygen atoms in total. The molecule has 0 heterocycles. The Morgan fingerprint density at radius 1 is 1.36 bits per heavy atom. The fraction of sp³-hybridized carbons (Fsp3) is 0.125. The standard InChI is InChI=1S/C8H8BClO4/c10-5-14-8(11)6-1-3-7(4-2-6)9(12)13/h1-4,12-13H,5H2. The smallest absolute Gasteiger partial charge is 0.446 e. The number of halogens is 1. The largest absolute Gasteiger partial charge is 0.488 e. The lowest BCUT2D eigenvalue weighted by Crippen LogP contribution is -2.29. The fourth-order valence-corrected chi connectivity index (χ4v) is 1.02. The minimum atomic E-state index is -1.53. The van der Waals surface area contributed by atoms with Gasteiger partial charge in [-0.2, -0.15) is 0 Å². The van der Waals surface area contributed by atoms with E-state index in [4.69, 9.17) is 21.6 Å². The van der Waals surface area contributed by atoms with Crippen molar-refractivity contribution >= 4 is 30.2 Å². The van der Waals surface area contributed by atoms with Crippen LogP contribution < -0.4 is 5.46 Å². The molecule has 6 heteroatoms. The predicted octanol–water partition coefficient (Wildman–Crippen LogP) is -0.280. The normalized spacial score (nSPS) is 9.64. The van der Waals surface area contributed by atoms with E-state index in [1.807, 2.05) is 0 Å². The van der Waals surface area contributed by atoms with Crippen LogP contribution in [0.15, 0.2) is 24.3 Å². The SMILES string of the molecule is O=C(OCCl)c1ccc(B(O)O)cc1. The number of benzene rings is 1. The maximum atomic E-state index is 11.1. The van der Waals surface area contributed by atoms with Gasteiger partial charge in [-0.15, -0.1) is 0 Å². The third-order valence-corrected chi connectivity index (χ3v) is 1.74. The summed E-state index contributed by atoms with van der Waals surface area (Å²) in [5.74, 6) is -0.543. The molecule has 0 saturated heterocycles. The van der Waals surface area contributed by atoms with Gasteiger partial charge >= 0.3 is 13.1 Å². The van der Waals surface area contributed by atoms with Crippen molar-refractivity contribution in [2.75, 3.05) is 6.07 Å². The molecule has 0 amide bonds. The van der Waals surface area contributed by atoms with Crippen LogP contribution in [0.3, 0.4) is 0 Å². The summed E-state index contributed by atoms with van der Waals surface area (Å²) in [4.78, 5) is 11.1. The first-order valence-electron chi connectivity index (χ1n) is 3.84. The van der Waals surface area contributed by atoms with E-state index in [9.17, 15) is 4.79 Å². The molecule has 14 heavy (non-hydrogen) atoms. The van der Waals surface area contributed by atoms with Crippen LogP contribution in [0, 0.1) is 0 Å². The molecule has 0 aliphatic rings. The lowest BCUT2D eigenvalue weighted by Gasteiger charge is -2.02. The van der Waals surface area contributed by atoms with Crippen molar-refractivity contribution in [2.24, 2.45) is 0 Å². The maximum absolute atomic E-state index is 11.1. The Kier molecular flexibility index (Phi) is 3.94. The van der Waals surface area contributed by atoms with Crippen molar-refractivity contribution in [1.29, 1.82) is 0 Å². The topological polar surface area (TPSA) is 66.8 Å². The summed E-state index contributed by atoms with van der Waals surface area (Å²) in [6.45, 7) is 0. The summed E-state index contributed by atoms with van der Waals surface area (Å²) in [6, 6.07) is 5.52. The van der Waals surface area contributed by atoms with Gasteiger partial charge in [-0.3, -0.25) is 0 Å². The molecule has 74 valence electrons. The van der Waals surface area contributed by atoms with Crippen molar-refractivity contribution in [2.45, 2.75) is 0 Å². The molecule has 0 aliphatic heterocycles. The van der Waals surface area contributed by atoms with Crippen molar-refractivity contribution < 1.29 is 19.6 Å². The first-order chi connectivity index (χ1) is 6.65. The highest BCUT2D eigenvalue weighted by molar-refractivity contribution is 6.58. The van der Waals surface area contributed by atoms with E-state index >= 15 is 0 Å². The minimum Gasteiger partial charge on any atom is -0.446 e. The van der Waals surface area contributed by atoms with E-state index in [2.05, 4.69) is 4.74 Å². The van der Waals surface area contributed by atoms with Crippen molar-refractivity contribution in [3.63, 3.8) is 0 Å². The Hall–Kier alpha value is -1.04. The van der Waals surface area contributed by atoms with Crippen LogP contribution in [-0.2, 0) is 4.74 Å². The van der Waals surface area contributed by atoms with E-state index in [1.54, 1.807) is 0 Å². The zero-order valence-corrected chi connectivity index (χ0v) is 7.94. The van der Waals surface area contributed by atoms with E-state index in [0.29, 0.717) is 11.0 Å². The van der Waals surface area contributed by atoms with Crippen molar-refractivity contribution in [1.82, 2.24) is 0 Å². The monoisotopic (exact) mass is 214 g/mol. The van der Waals surface area contributed by atoms with E-state index in [-0.39, 0.29) is 6.07 Å². The predicted molar refractivity (Wildman–Crippen MR) is 52.4 cm³/mol. The zero-order valence-electron chi connectivity index (χ0n) is 7.18. The van der Waals surface area contributed by atoms with Gasteiger partial charge < -0.3 is 14.8 Å². The zero-order chi connectivity index (χ0) is 10.6. The quantitative estimate of drug-likeness (QED) is 0.413. The lowest BCUT2D eigenvalue weighted by molar-refractivity contribution is 0.0574. The fourth-order valence-electron chi connectivity index (χ4n) is 0.924. The molecule has 0 aromatic heterocycles. The van der Waals surface area contributed by atoms with Crippen molar-refractivity contribution in [3.05, 3.63) is 29.8 Å². The van der Waals surface area contributed by atoms with Gasteiger partial charge in [0, 0.05) is 0 Å². The van der Waals surface area contributed by atoms with E-state index in [0.717, 1.165) is 0 Å². The first kappa shape index (κ1) is 11.0. The van der Waals surface area contributed by atoms with Crippen LogP contribution in [-0.4, -0.2) is 29.2 Å². The summed E-state index contributed by atoms with van der Waals surface area (Å²) >= 11 is 5.20. The van der Waals surface area contributed by atoms with Crippen LogP contribution >= 0.6 is 11.6 Å². The molecule has 1 rings (SSSR count). The van der Waals surface area contributed by atoms with Gasteiger partial charge in [-0.1, -0.05) is 23.7 Å². The second-order valence-corrected chi connectivity index (χ2v) is 2.75. The third-order valence-electron chi connectivity index (χ3n) is 1.63. The number of hydrogen-bond acceptors (Lipinski definition) is 4. The van der Waals surface area contributed by atoms with Crippen LogP contribution in [0.25, 0.3) is 0 Å². The number of rotatable bonds is 3. The van der Waals surface area contributed by atoms with E-state index < -0.39 is 13.1 Å². The Morgan fingerprint density at radius 2 is 1.93 bits per heavy atom. The van der Waals surface area contributed by atoms with Gasteiger partial charge in [0.05, 0.1) is 5.56 Å². The Balaban J connectivity index is 2.78. The molecule has 1 aromatic carbocycles. The molecule has 0 atom stereocenters. The highest BCUT2D eigenvalue weighted by Crippen LogP contribution is 2.00. The molecule has 0 aliphatic carbocycles. The minimum absolute atomic E-state index is 0.205. The summed E-state index contributed by atoms with van der Waals surface area (Å²) < 4.78 is 4.53. The van der Waals surface area contributed by atoms with Crippen molar-refractivity contribution in [3.8, 4) is 0 Å². The van der Waals surface area contributed by atoms with Crippen LogP contribution in [0.4, 0.5) is 0 Å². The van der Waals surface area contributed by atoms with Crippen LogP contribution in [0.2, 0.25) is 0 Å².